The predicted octanol–water partition coefficient (Wildman–Crippen LogP) is 3.47. The molecule has 0 spiro atoms. The minimum Gasteiger partial charge on any atom is -0.354 e. The fraction of sp³-hybridized carbons (Fsp3) is 0.611. The molecule has 134 valence electrons. The van der Waals surface area contributed by atoms with Crippen molar-refractivity contribution < 1.29 is 0 Å². The van der Waals surface area contributed by atoms with E-state index in [-0.39, 0.29) is 0 Å². The van der Waals surface area contributed by atoms with Crippen LogP contribution in [-0.4, -0.2) is 52.3 Å². The summed E-state index contributed by atoms with van der Waals surface area (Å²) in [6.07, 6.45) is 4.63. The number of nitrogens with zero attached hydrogens (tertiary/aromatic N) is 5. The summed E-state index contributed by atoms with van der Waals surface area (Å²) in [5.74, 6) is 1.79. The van der Waals surface area contributed by atoms with E-state index in [9.17, 15) is 0 Å². The molecule has 0 unspecified atom stereocenters. The van der Waals surface area contributed by atoms with Crippen LogP contribution in [0.15, 0.2) is 11.2 Å². The zero-order chi connectivity index (χ0) is 17.4. The molecule has 7 heteroatoms. The van der Waals surface area contributed by atoms with Crippen molar-refractivity contribution in [1.29, 1.82) is 0 Å². The van der Waals surface area contributed by atoms with Crippen molar-refractivity contribution in [2.45, 2.75) is 44.3 Å². The first-order valence-corrected chi connectivity index (χ1v) is 11.0. The number of hydrogen-bond acceptors (Lipinski definition) is 7. The van der Waals surface area contributed by atoms with E-state index in [1.165, 1.54) is 34.1 Å². The van der Waals surface area contributed by atoms with E-state index in [1.807, 2.05) is 11.3 Å². The van der Waals surface area contributed by atoms with Gasteiger partial charge in [-0.1, -0.05) is 11.8 Å². The topological polar surface area (TPSA) is 45.2 Å². The van der Waals surface area contributed by atoms with Gasteiger partial charge in [0.1, 0.15) is 5.82 Å². The number of piperazine rings is 1. The Morgan fingerprint density at radius 2 is 1.88 bits per heavy atom. The average molecular weight is 376 g/mol. The second-order valence-electron chi connectivity index (χ2n) is 6.92. The highest BCUT2D eigenvalue weighted by atomic mass is 32.2. The molecule has 2 aliphatic rings. The van der Waals surface area contributed by atoms with Gasteiger partial charge >= 0.3 is 0 Å². The van der Waals surface area contributed by atoms with Gasteiger partial charge in [-0.05, 0) is 32.9 Å². The fourth-order valence-electron chi connectivity index (χ4n) is 3.33. The number of thioether (sulfide) groups is 1. The summed E-state index contributed by atoms with van der Waals surface area (Å²) in [5.41, 5.74) is 2.44. The number of rotatable bonds is 5. The SMILES string of the molecule is CSc1nc(C2CC2)cc(N2CCN(Cc3sc(C)nc3C)CC2)n1. The Hall–Kier alpha value is -1.18. The second-order valence-corrected chi connectivity index (χ2v) is 8.98. The molecule has 1 saturated heterocycles. The van der Waals surface area contributed by atoms with Gasteiger partial charge in [-0.2, -0.15) is 0 Å². The van der Waals surface area contributed by atoms with E-state index in [0.717, 1.165) is 43.7 Å². The summed E-state index contributed by atoms with van der Waals surface area (Å²) in [4.78, 5) is 20.4. The molecule has 3 heterocycles. The van der Waals surface area contributed by atoms with Crippen LogP contribution in [0.4, 0.5) is 5.82 Å². The highest BCUT2D eigenvalue weighted by Crippen LogP contribution is 2.40. The maximum atomic E-state index is 4.76. The first-order chi connectivity index (χ1) is 12.1. The summed E-state index contributed by atoms with van der Waals surface area (Å²) < 4.78 is 0. The summed E-state index contributed by atoms with van der Waals surface area (Å²) in [6.45, 7) is 9.46. The van der Waals surface area contributed by atoms with Crippen LogP contribution >= 0.6 is 23.1 Å². The number of aryl methyl sites for hydroxylation is 2. The van der Waals surface area contributed by atoms with Crippen molar-refractivity contribution in [2.75, 3.05) is 37.3 Å². The molecule has 1 aliphatic carbocycles. The number of aromatic nitrogens is 3. The predicted molar refractivity (Wildman–Crippen MR) is 105 cm³/mol. The Bertz CT molecular complexity index is 748. The van der Waals surface area contributed by atoms with Crippen LogP contribution in [0.2, 0.25) is 0 Å². The quantitative estimate of drug-likeness (QED) is 0.589. The number of thiazole rings is 1. The second kappa shape index (κ2) is 7.21. The van der Waals surface area contributed by atoms with Crippen LogP contribution in [0.5, 0.6) is 0 Å². The molecule has 25 heavy (non-hydrogen) atoms. The Labute approximate surface area is 157 Å². The van der Waals surface area contributed by atoms with Gasteiger partial charge in [-0.25, -0.2) is 15.0 Å². The molecule has 2 aromatic heterocycles. The molecule has 0 aromatic carbocycles. The average Bonchev–Trinajstić information content (AvgIpc) is 3.42. The van der Waals surface area contributed by atoms with E-state index >= 15 is 0 Å². The number of anilines is 1. The van der Waals surface area contributed by atoms with Gasteiger partial charge in [0, 0.05) is 49.6 Å². The summed E-state index contributed by atoms with van der Waals surface area (Å²) >= 11 is 3.48. The lowest BCUT2D eigenvalue weighted by atomic mass is 10.2. The monoisotopic (exact) mass is 375 g/mol. The fourth-order valence-corrected chi connectivity index (χ4v) is 4.69. The summed E-state index contributed by atoms with van der Waals surface area (Å²) in [6, 6.07) is 2.23. The van der Waals surface area contributed by atoms with E-state index in [2.05, 4.69) is 41.0 Å². The largest absolute Gasteiger partial charge is 0.354 e. The van der Waals surface area contributed by atoms with Gasteiger partial charge in [-0.15, -0.1) is 11.3 Å². The maximum Gasteiger partial charge on any atom is 0.189 e. The molecule has 1 saturated carbocycles. The molecule has 2 aromatic rings. The first-order valence-electron chi connectivity index (χ1n) is 8.95. The minimum absolute atomic E-state index is 0.673. The lowest BCUT2D eigenvalue weighted by Crippen LogP contribution is -2.46. The third-order valence-corrected chi connectivity index (χ3v) is 6.56. The van der Waals surface area contributed by atoms with E-state index in [4.69, 9.17) is 9.97 Å². The van der Waals surface area contributed by atoms with E-state index < -0.39 is 0 Å². The Morgan fingerprint density at radius 3 is 2.48 bits per heavy atom. The van der Waals surface area contributed by atoms with Crippen molar-refractivity contribution in [2.24, 2.45) is 0 Å². The lowest BCUT2D eigenvalue weighted by molar-refractivity contribution is 0.250. The van der Waals surface area contributed by atoms with Crippen LogP contribution in [0.1, 0.15) is 40.0 Å². The van der Waals surface area contributed by atoms with Crippen molar-refractivity contribution >= 4 is 28.9 Å². The summed E-state index contributed by atoms with van der Waals surface area (Å²) in [5, 5.41) is 2.09. The van der Waals surface area contributed by atoms with Gasteiger partial charge in [0.25, 0.3) is 0 Å². The standard InChI is InChI=1S/C18H25N5S2/c1-12-16(25-13(2)19-12)11-22-6-8-23(9-7-22)17-10-15(14-4-5-14)20-18(21-17)24-3/h10,14H,4-9,11H2,1-3H3. The van der Waals surface area contributed by atoms with Crippen LogP contribution in [0.3, 0.4) is 0 Å². The zero-order valence-electron chi connectivity index (χ0n) is 15.2. The zero-order valence-corrected chi connectivity index (χ0v) is 16.8. The molecule has 2 fully saturated rings. The first kappa shape index (κ1) is 17.2. The van der Waals surface area contributed by atoms with Gasteiger partial charge < -0.3 is 4.90 Å². The molecule has 1 aliphatic heterocycles. The van der Waals surface area contributed by atoms with E-state index in [0.29, 0.717) is 5.92 Å². The van der Waals surface area contributed by atoms with Crippen molar-refractivity contribution in [3.8, 4) is 0 Å². The van der Waals surface area contributed by atoms with Gasteiger partial charge in [0.15, 0.2) is 5.16 Å². The van der Waals surface area contributed by atoms with Crippen molar-refractivity contribution in [3.63, 3.8) is 0 Å². The Balaban J connectivity index is 1.41. The molecule has 0 radical (unpaired) electrons. The summed E-state index contributed by atoms with van der Waals surface area (Å²) in [7, 11) is 0. The normalized spacial score (nSPS) is 18.8. The van der Waals surface area contributed by atoms with Crippen LogP contribution in [-0.2, 0) is 6.54 Å². The Kier molecular flexibility index (Phi) is 4.97. The van der Waals surface area contributed by atoms with Crippen molar-refractivity contribution in [3.05, 3.63) is 27.3 Å². The minimum atomic E-state index is 0.673. The third-order valence-electron chi connectivity index (χ3n) is 4.95. The molecule has 0 bridgehead atoms. The molecular weight excluding hydrogens is 350 g/mol. The highest BCUT2D eigenvalue weighted by Gasteiger charge is 2.27. The third kappa shape index (κ3) is 3.99. The van der Waals surface area contributed by atoms with Crippen LogP contribution in [0.25, 0.3) is 0 Å². The molecule has 4 rings (SSSR count). The van der Waals surface area contributed by atoms with Crippen LogP contribution < -0.4 is 4.90 Å². The van der Waals surface area contributed by atoms with Crippen LogP contribution in [0, 0.1) is 13.8 Å². The lowest BCUT2D eigenvalue weighted by Gasteiger charge is -2.35. The van der Waals surface area contributed by atoms with Crippen molar-refractivity contribution in [1.82, 2.24) is 19.9 Å². The van der Waals surface area contributed by atoms with Gasteiger partial charge in [-0.3, -0.25) is 4.90 Å². The maximum absolute atomic E-state index is 4.76. The molecular formula is C18H25N5S2. The molecule has 0 amide bonds. The number of hydrogen-bond donors (Lipinski definition) is 0. The van der Waals surface area contributed by atoms with E-state index in [1.54, 1.807) is 11.8 Å². The Morgan fingerprint density at radius 1 is 1.12 bits per heavy atom. The molecule has 0 atom stereocenters. The van der Waals surface area contributed by atoms with Gasteiger partial charge in [0.05, 0.1) is 16.4 Å². The smallest absolute Gasteiger partial charge is 0.189 e. The molecule has 0 N–H and O–H groups in total. The van der Waals surface area contributed by atoms with Gasteiger partial charge in [0.2, 0.25) is 0 Å². The molecule has 5 nitrogen and oxygen atoms in total. The highest BCUT2D eigenvalue weighted by molar-refractivity contribution is 7.98.